The third-order valence-corrected chi connectivity index (χ3v) is 3.52. The molecule has 0 saturated heterocycles. The van der Waals surface area contributed by atoms with Gasteiger partial charge < -0.3 is 10.1 Å². The highest BCUT2D eigenvalue weighted by Gasteiger charge is 2.08. The van der Waals surface area contributed by atoms with Crippen LogP contribution < -0.4 is 10.1 Å². The van der Waals surface area contributed by atoms with E-state index in [9.17, 15) is 0 Å². The van der Waals surface area contributed by atoms with Gasteiger partial charge in [-0.3, -0.25) is 0 Å². The zero-order chi connectivity index (χ0) is 14.4. The second-order valence-corrected chi connectivity index (χ2v) is 5.69. The van der Waals surface area contributed by atoms with Crippen molar-refractivity contribution in [3.05, 3.63) is 35.7 Å². The van der Waals surface area contributed by atoms with Crippen LogP contribution in [0.1, 0.15) is 31.7 Å². The van der Waals surface area contributed by atoms with Crippen molar-refractivity contribution in [2.45, 2.75) is 39.7 Å². The molecule has 1 aromatic heterocycles. The summed E-state index contributed by atoms with van der Waals surface area (Å²) >= 11 is 1.41. The van der Waals surface area contributed by atoms with Crippen molar-refractivity contribution in [2.24, 2.45) is 0 Å². The predicted octanol–water partition coefficient (Wildman–Crippen LogP) is 3.68. The lowest BCUT2D eigenvalue weighted by Gasteiger charge is -2.14. The van der Waals surface area contributed by atoms with Crippen LogP contribution in [0.15, 0.2) is 24.3 Å². The molecule has 1 atom stereocenters. The van der Waals surface area contributed by atoms with E-state index >= 15 is 0 Å². The van der Waals surface area contributed by atoms with E-state index in [0.717, 1.165) is 29.5 Å². The van der Waals surface area contributed by atoms with Crippen LogP contribution in [0.4, 0.5) is 5.13 Å². The number of nitrogens with one attached hydrogen (secondary N) is 1. The Morgan fingerprint density at radius 1 is 1.30 bits per heavy atom. The number of hydrogen-bond donors (Lipinski definition) is 1. The van der Waals surface area contributed by atoms with Gasteiger partial charge in [-0.05, 0) is 32.4 Å². The normalized spacial score (nSPS) is 12.2. The minimum Gasteiger partial charge on any atom is -0.491 e. The van der Waals surface area contributed by atoms with Crippen LogP contribution in [0, 0.1) is 6.92 Å². The Morgan fingerprint density at radius 3 is 2.75 bits per heavy atom. The molecule has 0 saturated carbocycles. The van der Waals surface area contributed by atoms with Gasteiger partial charge in [-0.2, -0.15) is 4.37 Å². The van der Waals surface area contributed by atoms with E-state index in [1.807, 2.05) is 12.1 Å². The second kappa shape index (κ2) is 7.24. The third kappa shape index (κ3) is 4.49. The van der Waals surface area contributed by atoms with E-state index in [0.29, 0.717) is 6.61 Å². The van der Waals surface area contributed by atoms with E-state index in [-0.39, 0.29) is 6.04 Å². The molecule has 0 amide bonds. The van der Waals surface area contributed by atoms with Crippen LogP contribution >= 0.6 is 11.5 Å². The number of nitrogens with zero attached hydrogens (tertiary/aromatic N) is 2. The Hall–Kier alpha value is -1.62. The van der Waals surface area contributed by atoms with Gasteiger partial charge in [0.2, 0.25) is 5.13 Å². The quantitative estimate of drug-likeness (QED) is 0.845. The Labute approximate surface area is 124 Å². The minimum absolute atomic E-state index is 0.193. The summed E-state index contributed by atoms with van der Waals surface area (Å²) in [5, 5.41) is 4.19. The number of benzene rings is 1. The van der Waals surface area contributed by atoms with Crippen molar-refractivity contribution in [1.82, 2.24) is 9.36 Å². The van der Waals surface area contributed by atoms with Gasteiger partial charge in [0.05, 0.1) is 6.04 Å². The van der Waals surface area contributed by atoms with Gasteiger partial charge in [-0.1, -0.05) is 24.6 Å². The summed E-state index contributed by atoms with van der Waals surface area (Å²) in [6.45, 7) is 6.88. The molecule has 2 aromatic rings. The molecule has 4 nitrogen and oxygen atoms in total. The number of hydrogen-bond acceptors (Lipinski definition) is 5. The fraction of sp³-hybridized carbons (Fsp3) is 0.467. The summed E-state index contributed by atoms with van der Waals surface area (Å²) in [6, 6.07) is 8.28. The predicted molar refractivity (Wildman–Crippen MR) is 83.7 cm³/mol. The summed E-state index contributed by atoms with van der Waals surface area (Å²) in [7, 11) is 0. The first kappa shape index (κ1) is 14.8. The molecule has 0 fully saturated rings. The summed E-state index contributed by atoms with van der Waals surface area (Å²) < 4.78 is 10.1. The largest absolute Gasteiger partial charge is 0.491 e. The van der Waals surface area contributed by atoms with E-state index in [1.54, 1.807) is 0 Å². The molecule has 0 aliphatic rings. The number of ether oxygens (including phenoxy) is 1. The zero-order valence-electron chi connectivity index (χ0n) is 12.2. The summed E-state index contributed by atoms with van der Waals surface area (Å²) in [4.78, 5) is 4.45. The Bertz CT molecular complexity index is 524. The van der Waals surface area contributed by atoms with E-state index in [4.69, 9.17) is 4.74 Å². The summed E-state index contributed by atoms with van der Waals surface area (Å²) in [6.07, 6.45) is 2.01. The number of aromatic nitrogens is 2. The summed E-state index contributed by atoms with van der Waals surface area (Å²) in [5.74, 6) is 1.82. The molecule has 1 heterocycles. The molecule has 0 bridgehead atoms. The van der Waals surface area contributed by atoms with E-state index in [1.165, 1.54) is 17.1 Å². The highest BCUT2D eigenvalue weighted by atomic mass is 32.1. The lowest BCUT2D eigenvalue weighted by molar-refractivity contribution is 0.304. The van der Waals surface area contributed by atoms with E-state index in [2.05, 4.69) is 47.6 Å². The molecule has 0 aliphatic carbocycles. The fourth-order valence-electron chi connectivity index (χ4n) is 1.75. The van der Waals surface area contributed by atoms with Crippen molar-refractivity contribution in [1.29, 1.82) is 0 Å². The highest BCUT2D eigenvalue weighted by molar-refractivity contribution is 7.09. The fourth-order valence-corrected chi connectivity index (χ4v) is 2.47. The molecular formula is C15H21N3OS. The monoisotopic (exact) mass is 291 g/mol. The van der Waals surface area contributed by atoms with Gasteiger partial charge in [0.15, 0.2) is 0 Å². The van der Waals surface area contributed by atoms with Crippen LogP contribution in [0.25, 0.3) is 0 Å². The van der Waals surface area contributed by atoms with Crippen molar-refractivity contribution in [3.8, 4) is 5.75 Å². The lowest BCUT2D eigenvalue weighted by Crippen LogP contribution is -2.23. The molecule has 0 radical (unpaired) electrons. The standard InChI is InChI=1S/C15H21N3OS/c1-4-5-14-17-15(20-18-14)16-12(3)10-19-13-8-6-11(2)7-9-13/h6-9,12H,4-5,10H2,1-3H3,(H,16,17,18). The highest BCUT2D eigenvalue weighted by Crippen LogP contribution is 2.15. The maximum atomic E-state index is 5.74. The number of rotatable bonds is 7. The maximum absolute atomic E-state index is 5.74. The first-order valence-corrected chi connectivity index (χ1v) is 7.73. The van der Waals surface area contributed by atoms with Gasteiger partial charge in [-0.25, -0.2) is 4.98 Å². The van der Waals surface area contributed by atoms with Crippen LogP contribution in [0.5, 0.6) is 5.75 Å². The number of aryl methyl sites for hydroxylation is 2. The van der Waals surface area contributed by atoms with Crippen LogP contribution in [-0.4, -0.2) is 22.0 Å². The Kier molecular flexibility index (Phi) is 5.35. The van der Waals surface area contributed by atoms with Gasteiger partial charge in [0.1, 0.15) is 18.2 Å². The van der Waals surface area contributed by atoms with Gasteiger partial charge in [0, 0.05) is 18.0 Å². The second-order valence-electron chi connectivity index (χ2n) is 4.94. The molecule has 1 N–H and O–H groups in total. The van der Waals surface area contributed by atoms with Crippen LogP contribution in [-0.2, 0) is 6.42 Å². The third-order valence-electron chi connectivity index (χ3n) is 2.83. The SMILES string of the molecule is CCCc1nsc(NC(C)COc2ccc(C)cc2)n1. The minimum atomic E-state index is 0.193. The van der Waals surface area contributed by atoms with E-state index < -0.39 is 0 Å². The first-order valence-electron chi connectivity index (χ1n) is 6.96. The molecule has 1 unspecified atom stereocenters. The molecule has 1 aromatic carbocycles. The average molecular weight is 291 g/mol. The lowest BCUT2D eigenvalue weighted by atomic mass is 10.2. The van der Waals surface area contributed by atoms with Gasteiger partial charge in [-0.15, -0.1) is 0 Å². The molecule has 2 rings (SSSR count). The van der Waals surface area contributed by atoms with Crippen molar-refractivity contribution in [3.63, 3.8) is 0 Å². The first-order chi connectivity index (χ1) is 9.67. The van der Waals surface area contributed by atoms with Crippen molar-refractivity contribution in [2.75, 3.05) is 11.9 Å². The van der Waals surface area contributed by atoms with Gasteiger partial charge in [0.25, 0.3) is 0 Å². The molecule has 108 valence electrons. The van der Waals surface area contributed by atoms with Crippen molar-refractivity contribution >= 4 is 16.7 Å². The smallest absolute Gasteiger partial charge is 0.202 e. The summed E-state index contributed by atoms with van der Waals surface area (Å²) in [5.41, 5.74) is 1.24. The Balaban J connectivity index is 1.79. The Morgan fingerprint density at radius 2 is 2.05 bits per heavy atom. The number of anilines is 1. The molecule has 0 aliphatic heterocycles. The molecule has 20 heavy (non-hydrogen) atoms. The molecular weight excluding hydrogens is 270 g/mol. The average Bonchev–Trinajstić information content (AvgIpc) is 2.86. The van der Waals surface area contributed by atoms with Crippen molar-refractivity contribution < 1.29 is 4.74 Å². The topological polar surface area (TPSA) is 47.0 Å². The van der Waals surface area contributed by atoms with Crippen LogP contribution in [0.3, 0.4) is 0 Å². The van der Waals surface area contributed by atoms with Gasteiger partial charge >= 0.3 is 0 Å². The maximum Gasteiger partial charge on any atom is 0.202 e. The van der Waals surface area contributed by atoms with Crippen LogP contribution in [0.2, 0.25) is 0 Å². The molecule has 5 heteroatoms. The molecule has 0 spiro atoms. The zero-order valence-corrected chi connectivity index (χ0v) is 13.0.